The number of benzene rings is 3. The molecule has 0 radical (unpaired) electrons. The molecule has 0 aliphatic carbocycles. The number of nitrogens with zero attached hydrogens (tertiary/aromatic N) is 7. The third-order valence-corrected chi connectivity index (χ3v) is 15.7. The van der Waals surface area contributed by atoms with E-state index in [1.165, 1.54) is 165 Å². The summed E-state index contributed by atoms with van der Waals surface area (Å²) in [6.45, 7) is -0.327. The van der Waals surface area contributed by atoms with Crippen LogP contribution in [0.2, 0.25) is 0 Å². The molecular weight excluding hydrogens is 924 g/mol. The average molecular weight is 960 g/mol. The van der Waals surface area contributed by atoms with Crippen molar-refractivity contribution in [2.45, 2.75) is 34.3 Å². The van der Waals surface area contributed by atoms with Gasteiger partial charge in [-0.05, 0) is 108 Å². The zero-order valence-corrected chi connectivity index (χ0v) is 37.3. The van der Waals surface area contributed by atoms with E-state index < -0.39 is 47.5 Å². The van der Waals surface area contributed by atoms with E-state index >= 15 is 13.2 Å². The molecule has 19 heteroatoms. The van der Waals surface area contributed by atoms with Crippen LogP contribution in [0.1, 0.15) is 16.7 Å². The van der Waals surface area contributed by atoms with E-state index in [1.807, 2.05) is 0 Å². The SMILES string of the molecule is O=S(=O)(c1cccnc1)n1cc(CN(Cc2cc(-c3ccccc3F)n(S(=O)(=O)c3cccnc3)c2)Cc2cc(-c3ccccc3F)n(S(=O)(=O)c3cccnc3)c2)cc1-c1ccccc1F. The third kappa shape index (κ3) is 8.84. The van der Waals surface area contributed by atoms with Gasteiger partial charge in [0, 0.05) is 92.1 Å². The van der Waals surface area contributed by atoms with Crippen molar-refractivity contribution in [3.63, 3.8) is 0 Å². The van der Waals surface area contributed by atoms with Crippen molar-refractivity contribution < 1.29 is 38.4 Å². The Morgan fingerprint density at radius 2 is 0.687 bits per heavy atom. The number of halogens is 3. The molecule has 6 aromatic heterocycles. The fraction of sp³-hybridized carbons (Fsp3) is 0.0625. The molecule has 0 N–H and O–H groups in total. The molecule has 0 fully saturated rings. The second-order valence-corrected chi connectivity index (χ2v) is 20.7. The maximum Gasteiger partial charge on any atom is 0.269 e. The number of aromatic nitrogens is 6. The van der Waals surface area contributed by atoms with Gasteiger partial charge >= 0.3 is 0 Å². The van der Waals surface area contributed by atoms with Crippen molar-refractivity contribution in [1.82, 2.24) is 31.8 Å². The molecule has 3 aromatic carbocycles. The van der Waals surface area contributed by atoms with Crippen LogP contribution in [0, 0.1) is 17.5 Å². The summed E-state index contributed by atoms with van der Waals surface area (Å²) < 4.78 is 135. The summed E-state index contributed by atoms with van der Waals surface area (Å²) in [5.41, 5.74) is 0.943. The standard InChI is InChI=1S/C48H36F3N7O6S3/c49-43-16-4-1-13-40(43)46-22-34(31-56(46)65(59,60)37-10-7-19-52-25-37)28-55(29-35-23-47(41-14-2-5-17-44(41)50)57(32-35)66(61,62)38-11-8-20-53-26-38)30-36-24-48(42-15-3-6-18-45(42)51)58(33-36)67(63,64)39-12-9-21-54-27-39/h1-27,31-33H,28-30H2. The maximum atomic E-state index is 15.6. The quantitative estimate of drug-likeness (QED) is 0.0974. The molecule has 0 unspecified atom stereocenters. The maximum absolute atomic E-state index is 15.6. The van der Waals surface area contributed by atoms with Gasteiger partial charge in [0.05, 0.1) is 17.1 Å². The fourth-order valence-electron chi connectivity index (χ4n) is 7.72. The minimum Gasteiger partial charge on any atom is -0.290 e. The highest BCUT2D eigenvalue weighted by molar-refractivity contribution is 7.90. The van der Waals surface area contributed by atoms with Crippen molar-refractivity contribution in [2.75, 3.05) is 0 Å². The Bertz CT molecular complexity index is 3230. The van der Waals surface area contributed by atoms with Gasteiger partial charge in [0.25, 0.3) is 30.1 Å². The number of pyridine rings is 3. The van der Waals surface area contributed by atoms with Gasteiger partial charge in [0.2, 0.25) is 0 Å². The van der Waals surface area contributed by atoms with Crippen molar-refractivity contribution in [3.05, 3.63) is 217 Å². The Kier molecular flexibility index (Phi) is 12.1. The van der Waals surface area contributed by atoms with Gasteiger partial charge in [-0.3, -0.25) is 19.9 Å². The summed E-state index contributed by atoms with van der Waals surface area (Å²) in [7, 11) is -13.1. The first-order valence-corrected chi connectivity index (χ1v) is 24.6. The van der Waals surface area contributed by atoms with Crippen molar-refractivity contribution in [1.29, 1.82) is 0 Å². The topological polar surface area (TPSA) is 159 Å². The minimum atomic E-state index is -4.38. The van der Waals surface area contributed by atoms with Crippen LogP contribution in [-0.4, -0.2) is 57.0 Å². The molecule has 0 amide bonds. The predicted molar refractivity (Wildman–Crippen MR) is 243 cm³/mol. The first-order valence-electron chi connectivity index (χ1n) is 20.3. The summed E-state index contributed by atoms with van der Waals surface area (Å²) >= 11 is 0. The molecule has 6 heterocycles. The summed E-state index contributed by atoms with van der Waals surface area (Å²) in [5.74, 6) is -2.08. The van der Waals surface area contributed by atoms with E-state index in [-0.39, 0.29) is 68.1 Å². The zero-order valence-electron chi connectivity index (χ0n) is 34.9. The van der Waals surface area contributed by atoms with Crippen LogP contribution in [0.4, 0.5) is 13.2 Å². The minimum absolute atomic E-state index is 0.0111. The van der Waals surface area contributed by atoms with E-state index in [4.69, 9.17) is 0 Å². The highest BCUT2D eigenvalue weighted by Gasteiger charge is 2.29. The number of hydrogen-bond acceptors (Lipinski definition) is 10. The molecule has 67 heavy (non-hydrogen) atoms. The lowest BCUT2D eigenvalue weighted by molar-refractivity contribution is 0.248. The van der Waals surface area contributed by atoms with Gasteiger partial charge in [0.1, 0.15) is 32.1 Å². The molecule has 338 valence electrons. The number of hydrogen-bond donors (Lipinski definition) is 0. The third-order valence-electron chi connectivity index (χ3n) is 10.8. The lowest BCUT2D eigenvalue weighted by Gasteiger charge is -2.21. The molecule has 13 nitrogen and oxygen atoms in total. The second-order valence-electron chi connectivity index (χ2n) is 15.3. The molecule has 0 bridgehead atoms. The van der Waals surface area contributed by atoms with Gasteiger partial charge in [-0.15, -0.1) is 0 Å². The zero-order chi connectivity index (χ0) is 46.9. The molecule has 0 saturated heterocycles. The highest BCUT2D eigenvalue weighted by atomic mass is 32.2. The average Bonchev–Trinajstić information content (AvgIpc) is 4.09. The number of rotatable bonds is 15. The molecule has 0 aliphatic heterocycles. The Morgan fingerprint density at radius 3 is 0.940 bits per heavy atom. The van der Waals surface area contributed by atoms with Crippen LogP contribution in [0.3, 0.4) is 0 Å². The van der Waals surface area contributed by atoms with Crippen molar-refractivity contribution >= 4 is 30.1 Å². The summed E-state index contributed by atoms with van der Waals surface area (Å²) in [4.78, 5) is 13.2. The van der Waals surface area contributed by atoms with Crippen LogP contribution < -0.4 is 0 Å². The van der Waals surface area contributed by atoms with Gasteiger partial charge in [0.15, 0.2) is 0 Å². The van der Waals surface area contributed by atoms with Gasteiger partial charge in [-0.1, -0.05) is 36.4 Å². The van der Waals surface area contributed by atoms with E-state index in [1.54, 1.807) is 23.1 Å². The van der Waals surface area contributed by atoms with Crippen molar-refractivity contribution in [3.8, 4) is 33.8 Å². The Labute approximate surface area is 383 Å². The van der Waals surface area contributed by atoms with E-state index in [2.05, 4.69) is 15.0 Å². The fourth-order valence-corrected chi connectivity index (χ4v) is 11.8. The molecule has 9 rings (SSSR count). The molecule has 0 spiro atoms. The Morgan fingerprint density at radius 1 is 0.403 bits per heavy atom. The first kappa shape index (κ1) is 44.7. The lowest BCUT2D eigenvalue weighted by atomic mass is 10.1. The molecule has 0 atom stereocenters. The van der Waals surface area contributed by atoms with Crippen molar-refractivity contribution in [2.24, 2.45) is 0 Å². The van der Waals surface area contributed by atoms with Gasteiger partial charge < -0.3 is 0 Å². The summed E-state index contributed by atoms with van der Waals surface area (Å²) in [6, 6.07) is 29.9. The Balaban J connectivity index is 1.21. The second kappa shape index (κ2) is 18.1. The van der Waals surface area contributed by atoms with Crippen LogP contribution in [0.25, 0.3) is 33.8 Å². The van der Waals surface area contributed by atoms with E-state index in [0.717, 1.165) is 11.9 Å². The van der Waals surface area contributed by atoms with E-state index in [9.17, 15) is 25.3 Å². The van der Waals surface area contributed by atoms with Gasteiger partial charge in [-0.25, -0.2) is 50.3 Å². The summed E-state index contributed by atoms with van der Waals surface area (Å²) in [6.07, 6.45) is 11.7. The molecular formula is C48H36F3N7O6S3. The predicted octanol–water partition coefficient (Wildman–Crippen LogP) is 8.61. The monoisotopic (exact) mass is 959 g/mol. The Hall–Kier alpha value is -7.45. The first-order chi connectivity index (χ1) is 32.2. The lowest BCUT2D eigenvalue weighted by Crippen LogP contribution is -2.22. The normalized spacial score (nSPS) is 12.2. The molecule has 9 aromatic rings. The summed E-state index contributed by atoms with van der Waals surface area (Å²) in [5, 5.41) is 0. The van der Waals surface area contributed by atoms with E-state index in [0.29, 0.717) is 16.7 Å². The van der Waals surface area contributed by atoms with Crippen LogP contribution >= 0.6 is 0 Å². The molecule has 0 aliphatic rings. The van der Waals surface area contributed by atoms with Gasteiger partial charge in [-0.2, -0.15) is 0 Å². The molecule has 0 saturated carbocycles. The highest BCUT2D eigenvalue weighted by Crippen LogP contribution is 2.34. The largest absolute Gasteiger partial charge is 0.290 e. The smallest absolute Gasteiger partial charge is 0.269 e. The van der Waals surface area contributed by atoms with Crippen LogP contribution in [-0.2, 0) is 49.7 Å². The van der Waals surface area contributed by atoms with Crippen LogP contribution in [0.5, 0.6) is 0 Å². The van der Waals surface area contributed by atoms with Crippen LogP contribution in [0.15, 0.2) is 198 Å².